The van der Waals surface area contributed by atoms with E-state index in [0.29, 0.717) is 0 Å². The summed E-state index contributed by atoms with van der Waals surface area (Å²) >= 11 is 15.5. The lowest BCUT2D eigenvalue weighted by Crippen LogP contribution is -2.52. The third-order valence-corrected chi connectivity index (χ3v) is 7.30. The highest BCUT2D eigenvalue weighted by Gasteiger charge is 2.30. The Labute approximate surface area is 219 Å². The smallest absolute Gasteiger partial charge is 0.244 e. The molecule has 0 aliphatic rings. The fourth-order valence-electron chi connectivity index (χ4n) is 3.18. The summed E-state index contributed by atoms with van der Waals surface area (Å²) < 4.78 is 26.9. The molecule has 1 N–H and O–H groups in total. The van der Waals surface area contributed by atoms with Gasteiger partial charge in [0.25, 0.3) is 0 Å². The molecule has 0 fully saturated rings. The Bertz CT molecular complexity index is 1130. The fraction of sp³-hybridized carbons (Fsp3) is 0.391. The summed E-state index contributed by atoms with van der Waals surface area (Å²) in [5.74, 6) is -0.872. The summed E-state index contributed by atoms with van der Waals surface area (Å²) in [6.45, 7) is 5.03. The zero-order valence-electron chi connectivity index (χ0n) is 19.4. The van der Waals surface area contributed by atoms with Gasteiger partial charge >= 0.3 is 0 Å². The molecular formula is C23H28BrCl2N3O4S. The summed E-state index contributed by atoms with van der Waals surface area (Å²) in [7, 11) is -3.87. The summed E-state index contributed by atoms with van der Waals surface area (Å²) in [6, 6.07) is 10.7. The van der Waals surface area contributed by atoms with Gasteiger partial charge in [0, 0.05) is 27.1 Å². The molecule has 2 aromatic carbocycles. The van der Waals surface area contributed by atoms with Crippen molar-refractivity contribution in [2.75, 3.05) is 17.1 Å². The molecule has 11 heteroatoms. The van der Waals surface area contributed by atoms with Crippen LogP contribution < -0.4 is 9.62 Å². The first-order valence-corrected chi connectivity index (χ1v) is 14.0. The fourth-order valence-corrected chi connectivity index (χ4v) is 4.97. The monoisotopic (exact) mass is 591 g/mol. The zero-order valence-corrected chi connectivity index (χ0v) is 23.3. The molecule has 0 saturated carbocycles. The van der Waals surface area contributed by atoms with Gasteiger partial charge in [0.05, 0.1) is 11.9 Å². The Morgan fingerprint density at radius 1 is 1.09 bits per heavy atom. The average molecular weight is 593 g/mol. The quantitative estimate of drug-likeness (QED) is 0.427. The third-order valence-electron chi connectivity index (χ3n) is 5.22. The van der Waals surface area contributed by atoms with E-state index < -0.39 is 28.5 Å². The second kappa shape index (κ2) is 12.2. The first-order valence-electron chi connectivity index (χ1n) is 10.6. The van der Waals surface area contributed by atoms with Gasteiger partial charge in [0.2, 0.25) is 21.8 Å². The largest absolute Gasteiger partial charge is 0.352 e. The normalized spacial score (nSPS) is 13.1. The number of nitrogens with one attached hydrogen (secondary N) is 1. The van der Waals surface area contributed by atoms with Crippen LogP contribution in [0.2, 0.25) is 10.0 Å². The number of hydrogen-bond acceptors (Lipinski definition) is 4. The molecule has 186 valence electrons. The summed E-state index contributed by atoms with van der Waals surface area (Å²) in [6.07, 6.45) is 1.72. The molecule has 0 spiro atoms. The lowest BCUT2D eigenvalue weighted by atomic mass is 10.1. The minimum absolute atomic E-state index is 0.0705. The van der Waals surface area contributed by atoms with Gasteiger partial charge in [-0.3, -0.25) is 13.9 Å². The van der Waals surface area contributed by atoms with Crippen LogP contribution in [0.3, 0.4) is 0 Å². The zero-order chi connectivity index (χ0) is 25.6. The predicted octanol–water partition coefficient (Wildman–Crippen LogP) is 4.85. The molecule has 0 aliphatic carbocycles. The van der Waals surface area contributed by atoms with Gasteiger partial charge < -0.3 is 10.2 Å². The number of halogens is 3. The van der Waals surface area contributed by atoms with Crippen LogP contribution in [0.4, 0.5) is 5.69 Å². The Morgan fingerprint density at radius 2 is 1.71 bits per heavy atom. The van der Waals surface area contributed by atoms with Crippen LogP contribution in [0.1, 0.15) is 32.8 Å². The topological polar surface area (TPSA) is 86.8 Å². The van der Waals surface area contributed by atoms with Gasteiger partial charge in [-0.1, -0.05) is 58.2 Å². The Hall–Kier alpha value is -1.81. The van der Waals surface area contributed by atoms with Gasteiger partial charge in [-0.05, 0) is 56.2 Å². The highest BCUT2D eigenvalue weighted by atomic mass is 79.9. The molecule has 0 bridgehead atoms. The van der Waals surface area contributed by atoms with Gasteiger partial charge in [-0.15, -0.1) is 0 Å². The Morgan fingerprint density at radius 3 is 2.24 bits per heavy atom. The van der Waals surface area contributed by atoms with Crippen molar-refractivity contribution < 1.29 is 18.0 Å². The van der Waals surface area contributed by atoms with Crippen LogP contribution in [-0.2, 0) is 26.2 Å². The van der Waals surface area contributed by atoms with Crippen molar-refractivity contribution in [3.8, 4) is 0 Å². The number of rotatable bonds is 10. The van der Waals surface area contributed by atoms with E-state index in [1.54, 1.807) is 6.92 Å². The van der Waals surface area contributed by atoms with Crippen LogP contribution in [0.15, 0.2) is 46.9 Å². The molecule has 2 rings (SSSR count). The maximum Gasteiger partial charge on any atom is 0.244 e. The molecule has 2 unspecified atom stereocenters. The maximum absolute atomic E-state index is 13.5. The van der Waals surface area contributed by atoms with E-state index in [1.807, 2.05) is 38.1 Å². The maximum atomic E-state index is 13.5. The number of carbonyl (C=O) groups is 2. The second-order valence-corrected chi connectivity index (χ2v) is 11.7. The molecule has 0 saturated heterocycles. The molecular weight excluding hydrogens is 565 g/mol. The minimum atomic E-state index is -3.87. The van der Waals surface area contributed by atoms with E-state index in [9.17, 15) is 18.0 Å². The molecule has 2 amide bonds. The molecule has 34 heavy (non-hydrogen) atoms. The van der Waals surface area contributed by atoms with Gasteiger partial charge in [-0.2, -0.15) is 0 Å². The van der Waals surface area contributed by atoms with Gasteiger partial charge in [0.1, 0.15) is 12.6 Å². The first-order chi connectivity index (χ1) is 15.8. The number of hydrogen-bond donors (Lipinski definition) is 1. The van der Waals surface area contributed by atoms with E-state index in [1.165, 1.54) is 23.1 Å². The number of sulfonamides is 1. The predicted molar refractivity (Wildman–Crippen MR) is 141 cm³/mol. The second-order valence-electron chi connectivity index (χ2n) is 8.04. The highest BCUT2D eigenvalue weighted by Crippen LogP contribution is 2.27. The van der Waals surface area contributed by atoms with Crippen molar-refractivity contribution in [1.82, 2.24) is 10.2 Å². The van der Waals surface area contributed by atoms with Crippen molar-refractivity contribution in [3.63, 3.8) is 0 Å². The van der Waals surface area contributed by atoms with Crippen LogP contribution in [-0.4, -0.2) is 50.0 Å². The molecule has 2 atom stereocenters. The summed E-state index contributed by atoms with van der Waals surface area (Å²) in [5, 5.41) is 3.35. The Kier molecular flexibility index (Phi) is 10.2. The SMILES string of the molecule is CCC(C)NC(=O)C(C)N(Cc1cccc(Br)c1)C(=O)CN(c1cc(Cl)cc(Cl)c1)S(C)(=O)=O. The number of amides is 2. The minimum Gasteiger partial charge on any atom is -0.352 e. The number of nitrogens with zero attached hydrogens (tertiary/aromatic N) is 2. The van der Waals surface area contributed by atoms with Crippen molar-refractivity contribution in [2.45, 2.75) is 45.8 Å². The molecule has 0 radical (unpaired) electrons. The number of anilines is 1. The lowest BCUT2D eigenvalue weighted by molar-refractivity contribution is -0.139. The first kappa shape index (κ1) is 28.4. The standard InChI is InChI=1S/C23H28BrCl2N3O4S/c1-5-15(2)27-23(31)16(3)28(13-17-7-6-8-18(24)9-17)22(30)14-29(34(4,32)33)21-11-19(25)10-20(26)12-21/h6-12,15-16H,5,13-14H2,1-4H3,(H,27,31). The lowest BCUT2D eigenvalue weighted by Gasteiger charge is -2.32. The number of carbonyl (C=O) groups excluding carboxylic acids is 2. The van der Waals surface area contributed by atoms with E-state index in [2.05, 4.69) is 21.2 Å². The van der Waals surface area contributed by atoms with Crippen molar-refractivity contribution in [1.29, 1.82) is 0 Å². The third kappa shape index (κ3) is 8.15. The molecule has 0 aliphatic heterocycles. The Balaban J connectivity index is 2.42. The molecule has 7 nitrogen and oxygen atoms in total. The van der Waals surface area contributed by atoms with Crippen LogP contribution >= 0.6 is 39.1 Å². The molecule has 0 aromatic heterocycles. The molecule has 2 aromatic rings. The van der Waals surface area contributed by atoms with E-state index in [-0.39, 0.29) is 34.2 Å². The van der Waals surface area contributed by atoms with E-state index in [0.717, 1.165) is 27.0 Å². The summed E-state index contributed by atoms with van der Waals surface area (Å²) in [4.78, 5) is 27.7. The van der Waals surface area contributed by atoms with Gasteiger partial charge in [0.15, 0.2) is 0 Å². The van der Waals surface area contributed by atoms with E-state index in [4.69, 9.17) is 23.2 Å². The van der Waals surface area contributed by atoms with E-state index >= 15 is 0 Å². The van der Waals surface area contributed by atoms with Gasteiger partial charge in [-0.25, -0.2) is 8.42 Å². The number of benzene rings is 2. The van der Waals surface area contributed by atoms with Crippen molar-refractivity contribution >= 4 is 66.7 Å². The highest BCUT2D eigenvalue weighted by molar-refractivity contribution is 9.10. The van der Waals surface area contributed by atoms with Crippen LogP contribution in [0, 0.1) is 0 Å². The van der Waals surface area contributed by atoms with Crippen LogP contribution in [0.5, 0.6) is 0 Å². The average Bonchev–Trinajstić information content (AvgIpc) is 2.73. The van der Waals surface area contributed by atoms with Crippen LogP contribution in [0.25, 0.3) is 0 Å². The summed E-state index contributed by atoms with van der Waals surface area (Å²) in [5.41, 5.74) is 0.940. The van der Waals surface area contributed by atoms with Crippen molar-refractivity contribution in [2.24, 2.45) is 0 Å². The van der Waals surface area contributed by atoms with Crippen molar-refractivity contribution in [3.05, 3.63) is 62.5 Å². The molecule has 0 heterocycles.